The second-order valence-electron chi connectivity index (χ2n) is 4.23. The van der Waals surface area contributed by atoms with Gasteiger partial charge in [-0.3, -0.25) is 0 Å². The smallest absolute Gasteiger partial charge is 0.0925 e. The monoisotopic (exact) mass is 305 g/mol. The van der Waals surface area contributed by atoms with Crippen LogP contribution in [0.4, 0.5) is 0 Å². The molecule has 0 radical (unpaired) electrons. The SMILES string of the molecule is CC(C)CNCC(O)c1ccc(Cl)cc1Br. The molecule has 4 heteroatoms. The van der Waals surface area contributed by atoms with Crippen LogP contribution in [-0.2, 0) is 0 Å². The van der Waals surface area contributed by atoms with E-state index in [1.807, 2.05) is 6.07 Å². The Labute approximate surface area is 110 Å². The Bertz CT molecular complexity index is 344. The zero-order valence-electron chi connectivity index (χ0n) is 9.50. The Kier molecular flexibility index (Phi) is 5.76. The van der Waals surface area contributed by atoms with Gasteiger partial charge in [-0.15, -0.1) is 0 Å². The largest absolute Gasteiger partial charge is 0.387 e. The Morgan fingerprint density at radius 3 is 2.62 bits per heavy atom. The minimum atomic E-state index is -0.509. The van der Waals surface area contributed by atoms with Crippen molar-refractivity contribution >= 4 is 27.5 Å². The Hall–Kier alpha value is -0.0900. The number of aliphatic hydroxyl groups excluding tert-OH is 1. The van der Waals surface area contributed by atoms with Crippen molar-refractivity contribution in [3.05, 3.63) is 33.3 Å². The van der Waals surface area contributed by atoms with Crippen LogP contribution in [0.1, 0.15) is 25.5 Å². The fourth-order valence-electron chi connectivity index (χ4n) is 1.39. The van der Waals surface area contributed by atoms with Crippen LogP contribution in [0.5, 0.6) is 0 Å². The third-order valence-electron chi connectivity index (χ3n) is 2.21. The molecule has 1 atom stereocenters. The summed E-state index contributed by atoms with van der Waals surface area (Å²) in [5.74, 6) is 0.584. The van der Waals surface area contributed by atoms with Crippen LogP contribution in [0.15, 0.2) is 22.7 Å². The summed E-state index contributed by atoms with van der Waals surface area (Å²) in [6.07, 6.45) is -0.509. The second kappa shape index (κ2) is 6.60. The molecule has 0 amide bonds. The summed E-state index contributed by atoms with van der Waals surface area (Å²) in [6.45, 7) is 5.73. The molecule has 0 heterocycles. The molecule has 1 aromatic carbocycles. The molecule has 2 nitrogen and oxygen atoms in total. The van der Waals surface area contributed by atoms with E-state index in [1.54, 1.807) is 12.1 Å². The molecular formula is C12H17BrClNO. The number of rotatable bonds is 5. The van der Waals surface area contributed by atoms with E-state index in [9.17, 15) is 5.11 Å². The summed E-state index contributed by atoms with van der Waals surface area (Å²) in [4.78, 5) is 0. The summed E-state index contributed by atoms with van der Waals surface area (Å²) in [5.41, 5.74) is 0.862. The number of aliphatic hydroxyl groups is 1. The predicted molar refractivity (Wildman–Crippen MR) is 71.8 cm³/mol. The van der Waals surface area contributed by atoms with E-state index in [-0.39, 0.29) is 0 Å². The molecule has 0 aliphatic carbocycles. The first-order valence-corrected chi connectivity index (χ1v) is 6.51. The average Bonchev–Trinajstić information content (AvgIpc) is 2.16. The van der Waals surface area contributed by atoms with Crippen LogP contribution in [0.25, 0.3) is 0 Å². The highest BCUT2D eigenvalue weighted by atomic mass is 79.9. The molecule has 1 rings (SSSR count). The summed E-state index contributed by atoms with van der Waals surface area (Å²) in [6, 6.07) is 5.42. The third kappa shape index (κ3) is 4.42. The van der Waals surface area contributed by atoms with E-state index in [0.29, 0.717) is 17.5 Å². The van der Waals surface area contributed by atoms with Gasteiger partial charge in [-0.05, 0) is 30.2 Å². The second-order valence-corrected chi connectivity index (χ2v) is 5.52. The molecule has 1 aromatic rings. The molecule has 0 saturated carbocycles. The number of hydrogen-bond acceptors (Lipinski definition) is 2. The zero-order chi connectivity index (χ0) is 12.1. The van der Waals surface area contributed by atoms with Gasteiger partial charge in [-0.25, -0.2) is 0 Å². The van der Waals surface area contributed by atoms with Gasteiger partial charge in [-0.2, -0.15) is 0 Å². The van der Waals surface area contributed by atoms with Crippen molar-refractivity contribution in [2.45, 2.75) is 20.0 Å². The van der Waals surface area contributed by atoms with E-state index in [1.165, 1.54) is 0 Å². The maximum atomic E-state index is 9.97. The van der Waals surface area contributed by atoms with E-state index >= 15 is 0 Å². The molecule has 0 aromatic heterocycles. The summed E-state index contributed by atoms with van der Waals surface area (Å²) < 4.78 is 0.846. The minimum Gasteiger partial charge on any atom is -0.387 e. The van der Waals surface area contributed by atoms with Crippen molar-refractivity contribution in [2.24, 2.45) is 5.92 Å². The molecule has 0 bridgehead atoms. The maximum Gasteiger partial charge on any atom is 0.0925 e. The summed E-state index contributed by atoms with van der Waals surface area (Å²) in [5, 5.41) is 13.9. The van der Waals surface area contributed by atoms with Crippen LogP contribution < -0.4 is 5.32 Å². The lowest BCUT2D eigenvalue weighted by atomic mass is 10.1. The van der Waals surface area contributed by atoms with Gasteiger partial charge in [0.05, 0.1) is 6.10 Å². The molecule has 0 spiro atoms. The van der Waals surface area contributed by atoms with Crippen molar-refractivity contribution in [3.8, 4) is 0 Å². The molecule has 16 heavy (non-hydrogen) atoms. The molecule has 0 saturated heterocycles. The fraction of sp³-hybridized carbons (Fsp3) is 0.500. The highest BCUT2D eigenvalue weighted by Crippen LogP contribution is 2.26. The Balaban J connectivity index is 2.55. The summed E-state index contributed by atoms with van der Waals surface area (Å²) in [7, 11) is 0. The first-order chi connectivity index (χ1) is 7.50. The van der Waals surface area contributed by atoms with E-state index in [4.69, 9.17) is 11.6 Å². The molecule has 1 unspecified atom stereocenters. The molecule has 0 aliphatic rings. The molecule has 0 aliphatic heterocycles. The van der Waals surface area contributed by atoms with Gasteiger partial charge in [0.15, 0.2) is 0 Å². The number of nitrogens with one attached hydrogen (secondary N) is 1. The van der Waals surface area contributed by atoms with E-state index in [0.717, 1.165) is 16.6 Å². The molecule has 0 fully saturated rings. The lowest BCUT2D eigenvalue weighted by Crippen LogP contribution is -2.25. The van der Waals surface area contributed by atoms with Gasteiger partial charge in [0.25, 0.3) is 0 Å². The van der Waals surface area contributed by atoms with Crippen LogP contribution >= 0.6 is 27.5 Å². The first-order valence-electron chi connectivity index (χ1n) is 5.34. The highest BCUT2D eigenvalue weighted by molar-refractivity contribution is 9.10. The van der Waals surface area contributed by atoms with E-state index < -0.39 is 6.10 Å². The van der Waals surface area contributed by atoms with Gasteiger partial charge in [0.1, 0.15) is 0 Å². The fourth-order valence-corrected chi connectivity index (χ4v) is 2.34. The molecule has 90 valence electrons. The van der Waals surface area contributed by atoms with Gasteiger partial charge in [-0.1, -0.05) is 47.4 Å². The van der Waals surface area contributed by atoms with Crippen molar-refractivity contribution in [1.82, 2.24) is 5.32 Å². The zero-order valence-corrected chi connectivity index (χ0v) is 11.8. The number of benzene rings is 1. The van der Waals surface area contributed by atoms with Crippen molar-refractivity contribution in [1.29, 1.82) is 0 Å². The van der Waals surface area contributed by atoms with Crippen molar-refractivity contribution in [2.75, 3.05) is 13.1 Å². The maximum absolute atomic E-state index is 9.97. The quantitative estimate of drug-likeness (QED) is 0.874. The normalized spacial score (nSPS) is 13.1. The van der Waals surface area contributed by atoms with Gasteiger partial charge < -0.3 is 10.4 Å². The standard InChI is InChI=1S/C12H17BrClNO/c1-8(2)6-15-7-12(16)10-4-3-9(14)5-11(10)13/h3-5,8,12,15-16H,6-7H2,1-2H3. The summed E-state index contributed by atoms with van der Waals surface area (Å²) >= 11 is 9.24. The van der Waals surface area contributed by atoms with Crippen LogP contribution in [0.3, 0.4) is 0 Å². The Morgan fingerprint density at radius 1 is 1.38 bits per heavy atom. The van der Waals surface area contributed by atoms with Crippen LogP contribution in [0, 0.1) is 5.92 Å². The van der Waals surface area contributed by atoms with Gasteiger partial charge in [0, 0.05) is 16.0 Å². The predicted octanol–water partition coefficient (Wildman–Crippen LogP) is 3.38. The number of halogens is 2. The topological polar surface area (TPSA) is 32.3 Å². The Morgan fingerprint density at radius 2 is 2.06 bits per heavy atom. The van der Waals surface area contributed by atoms with Crippen LogP contribution in [-0.4, -0.2) is 18.2 Å². The molecule has 2 N–H and O–H groups in total. The first kappa shape index (κ1) is 14.0. The van der Waals surface area contributed by atoms with Crippen LogP contribution in [0.2, 0.25) is 5.02 Å². The van der Waals surface area contributed by atoms with Crippen molar-refractivity contribution < 1.29 is 5.11 Å². The minimum absolute atomic E-state index is 0.509. The van der Waals surface area contributed by atoms with Gasteiger partial charge in [0.2, 0.25) is 0 Å². The van der Waals surface area contributed by atoms with Crippen molar-refractivity contribution in [3.63, 3.8) is 0 Å². The highest BCUT2D eigenvalue weighted by Gasteiger charge is 2.11. The van der Waals surface area contributed by atoms with Gasteiger partial charge >= 0.3 is 0 Å². The lowest BCUT2D eigenvalue weighted by molar-refractivity contribution is 0.173. The average molecular weight is 307 g/mol. The number of hydrogen-bond donors (Lipinski definition) is 2. The third-order valence-corrected chi connectivity index (χ3v) is 3.13. The lowest BCUT2D eigenvalue weighted by Gasteiger charge is -2.15. The molecular weight excluding hydrogens is 289 g/mol. The van der Waals surface area contributed by atoms with E-state index in [2.05, 4.69) is 35.1 Å².